The van der Waals surface area contributed by atoms with E-state index in [9.17, 15) is 0 Å². The molecule has 0 aliphatic carbocycles. The third-order valence-electron chi connectivity index (χ3n) is 3.32. The first-order chi connectivity index (χ1) is 10.6. The van der Waals surface area contributed by atoms with E-state index in [0.29, 0.717) is 0 Å². The summed E-state index contributed by atoms with van der Waals surface area (Å²) < 4.78 is 1.10. The Morgan fingerprint density at radius 2 is 1.91 bits per heavy atom. The van der Waals surface area contributed by atoms with Crippen molar-refractivity contribution in [2.24, 2.45) is 0 Å². The van der Waals surface area contributed by atoms with Crippen molar-refractivity contribution < 1.29 is 0 Å². The maximum atomic E-state index is 5.75. The second kappa shape index (κ2) is 6.29. The molecule has 114 valence electrons. The minimum absolute atomic E-state index is 0.721. The Morgan fingerprint density at radius 3 is 2.64 bits per heavy atom. The van der Waals surface area contributed by atoms with Gasteiger partial charge in [0.15, 0.2) is 5.82 Å². The molecule has 0 atom stereocenters. The van der Waals surface area contributed by atoms with Gasteiger partial charge in [0.05, 0.1) is 10.2 Å². The van der Waals surface area contributed by atoms with Gasteiger partial charge in [-0.1, -0.05) is 0 Å². The van der Waals surface area contributed by atoms with Gasteiger partial charge in [0, 0.05) is 24.3 Å². The number of benzene rings is 1. The van der Waals surface area contributed by atoms with Crippen LogP contribution in [0.3, 0.4) is 0 Å². The van der Waals surface area contributed by atoms with Crippen LogP contribution < -0.4 is 11.1 Å². The topological polar surface area (TPSA) is 67.1 Å². The van der Waals surface area contributed by atoms with Crippen LogP contribution in [0.1, 0.15) is 0 Å². The Morgan fingerprint density at radius 1 is 1.14 bits per heavy atom. The average molecular weight is 313 g/mol. The number of hydrogen-bond acceptors (Lipinski definition) is 6. The van der Waals surface area contributed by atoms with Crippen LogP contribution in [0.25, 0.3) is 21.6 Å². The fourth-order valence-electron chi connectivity index (χ4n) is 2.14. The third kappa shape index (κ3) is 3.18. The summed E-state index contributed by atoms with van der Waals surface area (Å²) in [4.78, 5) is 11.5. The SMILES string of the molecule is CN(C)CCNc1nc(-c2ccc(N)cc2)nc2ccsc12. The number of rotatable bonds is 5. The second-order valence-corrected chi connectivity index (χ2v) is 6.30. The summed E-state index contributed by atoms with van der Waals surface area (Å²) in [6.45, 7) is 1.80. The van der Waals surface area contributed by atoms with Crippen molar-refractivity contribution in [3.63, 3.8) is 0 Å². The van der Waals surface area contributed by atoms with E-state index in [1.54, 1.807) is 11.3 Å². The van der Waals surface area contributed by atoms with E-state index in [1.165, 1.54) is 0 Å². The minimum Gasteiger partial charge on any atom is -0.399 e. The van der Waals surface area contributed by atoms with Crippen molar-refractivity contribution in [1.29, 1.82) is 0 Å². The second-order valence-electron chi connectivity index (χ2n) is 5.38. The molecule has 0 saturated heterocycles. The lowest BCUT2D eigenvalue weighted by atomic mass is 10.2. The monoisotopic (exact) mass is 313 g/mol. The molecule has 0 bridgehead atoms. The summed E-state index contributed by atoms with van der Waals surface area (Å²) in [6.07, 6.45) is 0. The number of hydrogen-bond donors (Lipinski definition) is 2. The van der Waals surface area contributed by atoms with Crippen LogP contribution in [0.5, 0.6) is 0 Å². The van der Waals surface area contributed by atoms with Gasteiger partial charge < -0.3 is 16.0 Å². The molecule has 0 unspecified atom stereocenters. The molecule has 1 aromatic carbocycles. The summed E-state index contributed by atoms with van der Waals surface area (Å²) in [5, 5.41) is 5.46. The van der Waals surface area contributed by atoms with Crippen molar-refractivity contribution in [2.45, 2.75) is 0 Å². The van der Waals surface area contributed by atoms with Crippen LogP contribution in [0.2, 0.25) is 0 Å². The molecular weight excluding hydrogens is 294 g/mol. The Kier molecular flexibility index (Phi) is 4.22. The standard InChI is InChI=1S/C16H19N5S/c1-21(2)9-8-18-16-14-13(7-10-22-14)19-15(20-16)11-3-5-12(17)6-4-11/h3-7,10H,8-9,17H2,1-2H3,(H,18,19,20). The summed E-state index contributed by atoms with van der Waals surface area (Å²) in [6, 6.07) is 9.67. The van der Waals surface area contributed by atoms with Crippen LogP contribution in [-0.2, 0) is 0 Å². The Labute approximate surface area is 133 Å². The zero-order valence-corrected chi connectivity index (χ0v) is 13.5. The van der Waals surface area contributed by atoms with E-state index in [4.69, 9.17) is 10.7 Å². The molecule has 0 radical (unpaired) electrons. The molecule has 0 spiro atoms. The first kappa shape index (κ1) is 14.7. The summed E-state index contributed by atoms with van der Waals surface area (Å²) in [7, 11) is 4.12. The van der Waals surface area contributed by atoms with E-state index >= 15 is 0 Å². The molecule has 5 nitrogen and oxygen atoms in total. The number of nitrogens with one attached hydrogen (secondary N) is 1. The quantitative estimate of drug-likeness (QED) is 0.709. The van der Waals surface area contributed by atoms with E-state index in [0.717, 1.165) is 46.2 Å². The Hall–Kier alpha value is -2.18. The fourth-order valence-corrected chi connectivity index (χ4v) is 2.94. The summed E-state index contributed by atoms with van der Waals surface area (Å²) >= 11 is 1.66. The van der Waals surface area contributed by atoms with Gasteiger partial charge in [-0.15, -0.1) is 11.3 Å². The molecule has 0 saturated carbocycles. The van der Waals surface area contributed by atoms with Crippen LogP contribution in [-0.4, -0.2) is 42.1 Å². The lowest BCUT2D eigenvalue weighted by molar-refractivity contribution is 0.425. The van der Waals surface area contributed by atoms with Gasteiger partial charge in [0.25, 0.3) is 0 Å². The maximum Gasteiger partial charge on any atom is 0.162 e. The van der Waals surface area contributed by atoms with Crippen molar-refractivity contribution in [3.8, 4) is 11.4 Å². The zero-order chi connectivity index (χ0) is 15.5. The number of thiophene rings is 1. The Bertz CT molecular complexity index is 764. The van der Waals surface area contributed by atoms with Gasteiger partial charge in [-0.3, -0.25) is 0 Å². The molecule has 6 heteroatoms. The number of nitrogens with zero attached hydrogens (tertiary/aromatic N) is 3. The number of likely N-dealkylation sites (N-methyl/N-ethyl adjacent to an activating group) is 1. The van der Waals surface area contributed by atoms with Crippen molar-refractivity contribution in [3.05, 3.63) is 35.7 Å². The molecule has 0 amide bonds. The van der Waals surface area contributed by atoms with Crippen LogP contribution >= 0.6 is 11.3 Å². The fraction of sp³-hybridized carbons (Fsp3) is 0.250. The highest BCUT2D eigenvalue weighted by atomic mass is 32.1. The smallest absolute Gasteiger partial charge is 0.162 e. The first-order valence-electron chi connectivity index (χ1n) is 7.13. The van der Waals surface area contributed by atoms with Crippen LogP contribution in [0.4, 0.5) is 11.5 Å². The molecule has 3 N–H and O–H groups in total. The lowest BCUT2D eigenvalue weighted by Crippen LogP contribution is -2.21. The van der Waals surface area contributed by atoms with Crippen LogP contribution in [0.15, 0.2) is 35.7 Å². The number of anilines is 2. The van der Waals surface area contributed by atoms with Gasteiger partial charge in [-0.25, -0.2) is 9.97 Å². The third-order valence-corrected chi connectivity index (χ3v) is 4.23. The highest BCUT2D eigenvalue weighted by Crippen LogP contribution is 2.29. The highest BCUT2D eigenvalue weighted by molar-refractivity contribution is 7.17. The largest absolute Gasteiger partial charge is 0.399 e. The molecule has 0 aliphatic rings. The molecule has 0 aliphatic heterocycles. The molecule has 2 aromatic heterocycles. The average Bonchev–Trinajstić information content (AvgIpc) is 2.96. The van der Waals surface area contributed by atoms with Crippen molar-refractivity contribution >= 4 is 33.1 Å². The van der Waals surface area contributed by atoms with E-state index in [2.05, 4.69) is 29.3 Å². The normalized spacial score (nSPS) is 11.2. The first-order valence-corrected chi connectivity index (χ1v) is 8.01. The van der Waals surface area contributed by atoms with E-state index < -0.39 is 0 Å². The molecule has 3 rings (SSSR count). The van der Waals surface area contributed by atoms with Crippen molar-refractivity contribution in [2.75, 3.05) is 38.2 Å². The molecular formula is C16H19N5S. The summed E-state index contributed by atoms with van der Waals surface area (Å²) in [5.41, 5.74) is 8.43. The van der Waals surface area contributed by atoms with Crippen molar-refractivity contribution in [1.82, 2.24) is 14.9 Å². The molecule has 0 fully saturated rings. The number of aromatic nitrogens is 2. The maximum absolute atomic E-state index is 5.75. The van der Waals surface area contributed by atoms with Gasteiger partial charge in [0.1, 0.15) is 5.82 Å². The predicted octanol–water partition coefficient (Wildman–Crippen LogP) is 2.91. The van der Waals surface area contributed by atoms with Gasteiger partial charge in [0.2, 0.25) is 0 Å². The molecule has 2 heterocycles. The highest BCUT2D eigenvalue weighted by Gasteiger charge is 2.10. The predicted molar refractivity (Wildman–Crippen MR) is 94.3 cm³/mol. The lowest BCUT2D eigenvalue weighted by Gasteiger charge is -2.12. The molecule has 22 heavy (non-hydrogen) atoms. The van der Waals surface area contributed by atoms with E-state index in [-0.39, 0.29) is 0 Å². The molecule has 3 aromatic rings. The zero-order valence-electron chi connectivity index (χ0n) is 12.7. The minimum atomic E-state index is 0.721. The van der Waals surface area contributed by atoms with E-state index in [1.807, 2.05) is 35.7 Å². The summed E-state index contributed by atoms with van der Waals surface area (Å²) in [5.74, 6) is 1.62. The number of nitrogens with two attached hydrogens (primary N) is 1. The van der Waals surface area contributed by atoms with Gasteiger partial charge >= 0.3 is 0 Å². The number of fused-ring (bicyclic) bond motifs is 1. The van der Waals surface area contributed by atoms with Gasteiger partial charge in [-0.2, -0.15) is 0 Å². The van der Waals surface area contributed by atoms with Crippen LogP contribution in [0, 0.1) is 0 Å². The van der Waals surface area contributed by atoms with Gasteiger partial charge in [-0.05, 0) is 49.8 Å². The Balaban J connectivity index is 1.96. The number of nitrogen functional groups attached to an aromatic ring is 1.